The molecule has 1 aromatic rings. The minimum absolute atomic E-state index is 0.126. The molecule has 2 fully saturated rings. The van der Waals surface area contributed by atoms with Crippen LogP contribution in [0.4, 0.5) is 4.79 Å². The maximum Gasteiger partial charge on any atom is 0.408 e. The molecule has 1 saturated carbocycles. The average Bonchev–Trinajstić information content (AvgIpc) is 3.41. The van der Waals surface area contributed by atoms with Crippen molar-refractivity contribution in [3.05, 3.63) is 23.9 Å². The fourth-order valence-electron chi connectivity index (χ4n) is 6.78. The van der Waals surface area contributed by atoms with Crippen LogP contribution >= 0.6 is 0 Å². The number of aryl methyl sites for hydroxylation is 1. The lowest BCUT2D eigenvalue weighted by Crippen LogP contribution is -2.57. The third-order valence-electron chi connectivity index (χ3n) is 9.12. The number of carbonyl (C=O) groups is 3. The minimum Gasteiger partial charge on any atom is -0.485 e. The number of hydrogen-bond donors (Lipinski definition) is 2. The van der Waals surface area contributed by atoms with E-state index in [0.717, 1.165) is 50.6 Å². The second kappa shape index (κ2) is 12.4. The SMILES string of the molecule is CC(=O)[C@@H]1[C@H](C)[C@@H]2CN1C(=O)[C@H](C(C)(C)C)NC(=O)O[C@]1(C)CCC[C@H]1CCCCCc1nc(C=CN)ncc1O2. The Morgan fingerprint density at radius 2 is 1.93 bits per heavy atom. The van der Waals surface area contributed by atoms with E-state index < -0.39 is 35.3 Å². The fourth-order valence-corrected chi connectivity index (χ4v) is 6.78. The molecule has 2 aliphatic heterocycles. The van der Waals surface area contributed by atoms with Crippen molar-refractivity contribution >= 4 is 23.9 Å². The van der Waals surface area contributed by atoms with Gasteiger partial charge in [-0.1, -0.05) is 40.5 Å². The van der Waals surface area contributed by atoms with E-state index in [9.17, 15) is 14.4 Å². The molecule has 0 aromatic carbocycles. The Morgan fingerprint density at radius 1 is 1.20 bits per heavy atom. The van der Waals surface area contributed by atoms with Gasteiger partial charge in [-0.15, -0.1) is 0 Å². The normalized spacial score (nSPS) is 31.9. The summed E-state index contributed by atoms with van der Waals surface area (Å²) in [5.41, 5.74) is 5.18. The number of amides is 2. The number of rotatable bonds is 2. The Bertz CT molecular complexity index is 1160. The van der Waals surface area contributed by atoms with E-state index in [-0.39, 0.29) is 30.1 Å². The van der Waals surface area contributed by atoms with E-state index in [1.54, 1.807) is 17.2 Å². The molecule has 10 nitrogen and oxygen atoms in total. The van der Waals surface area contributed by atoms with Gasteiger partial charge < -0.3 is 25.4 Å². The zero-order valence-corrected chi connectivity index (χ0v) is 25.4. The third kappa shape index (κ3) is 6.84. The number of nitrogens with two attached hydrogens (primary N) is 1. The van der Waals surface area contributed by atoms with Gasteiger partial charge in [0.15, 0.2) is 17.4 Å². The monoisotopic (exact) mass is 569 g/mol. The predicted octanol–water partition coefficient (Wildman–Crippen LogP) is 4.41. The quantitative estimate of drug-likeness (QED) is 0.535. The highest BCUT2D eigenvalue weighted by Crippen LogP contribution is 2.42. The number of aromatic nitrogens is 2. The van der Waals surface area contributed by atoms with Gasteiger partial charge in [0.25, 0.3) is 0 Å². The molecule has 3 N–H and O–H groups in total. The zero-order chi connectivity index (χ0) is 29.9. The first-order chi connectivity index (χ1) is 19.3. The first kappa shape index (κ1) is 30.8. The lowest BCUT2D eigenvalue weighted by atomic mass is 9.85. The number of nitrogens with one attached hydrogen (secondary N) is 1. The van der Waals surface area contributed by atoms with Gasteiger partial charge in [-0.3, -0.25) is 9.59 Å². The van der Waals surface area contributed by atoms with Crippen LogP contribution in [0.15, 0.2) is 12.4 Å². The molecule has 1 aliphatic carbocycles. The lowest BCUT2D eigenvalue weighted by Gasteiger charge is -2.37. The first-order valence-electron chi connectivity index (χ1n) is 15.1. The highest BCUT2D eigenvalue weighted by molar-refractivity contribution is 5.92. The number of nitrogens with zero attached hydrogens (tertiary/aromatic N) is 3. The van der Waals surface area contributed by atoms with E-state index in [2.05, 4.69) is 10.3 Å². The molecule has 0 radical (unpaired) electrons. The van der Waals surface area contributed by atoms with Gasteiger partial charge in [0.2, 0.25) is 5.91 Å². The molecule has 226 valence electrons. The average molecular weight is 570 g/mol. The zero-order valence-electron chi connectivity index (χ0n) is 25.4. The molecule has 6 atom stereocenters. The highest BCUT2D eigenvalue weighted by Gasteiger charge is 2.49. The number of ketones is 1. The van der Waals surface area contributed by atoms with Crippen molar-refractivity contribution in [2.75, 3.05) is 6.54 Å². The van der Waals surface area contributed by atoms with Gasteiger partial charge >= 0.3 is 6.09 Å². The molecule has 41 heavy (non-hydrogen) atoms. The Hall–Kier alpha value is -3.17. The molecule has 1 saturated heterocycles. The number of fused-ring (bicyclic) bond motifs is 4. The van der Waals surface area contributed by atoms with Crippen LogP contribution < -0.4 is 15.8 Å². The maximum atomic E-state index is 14.1. The minimum atomic E-state index is -0.883. The Labute approximate surface area is 243 Å². The Kier molecular flexibility index (Phi) is 9.29. The molecule has 4 rings (SSSR count). The topological polar surface area (TPSA) is 137 Å². The van der Waals surface area contributed by atoms with Crippen molar-refractivity contribution in [3.8, 4) is 5.75 Å². The summed E-state index contributed by atoms with van der Waals surface area (Å²) < 4.78 is 12.6. The summed E-state index contributed by atoms with van der Waals surface area (Å²) in [7, 11) is 0. The van der Waals surface area contributed by atoms with Crippen LogP contribution in [-0.2, 0) is 20.7 Å². The summed E-state index contributed by atoms with van der Waals surface area (Å²) in [4.78, 5) is 51.0. The first-order valence-corrected chi connectivity index (χ1v) is 15.1. The maximum absolute atomic E-state index is 14.1. The summed E-state index contributed by atoms with van der Waals surface area (Å²) in [5, 5.41) is 2.90. The molecule has 2 amide bonds. The summed E-state index contributed by atoms with van der Waals surface area (Å²) >= 11 is 0. The van der Waals surface area contributed by atoms with Gasteiger partial charge in [-0.05, 0) is 76.0 Å². The van der Waals surface area contributed by atoms with Crippen LogP contribution in [-0.4, -0.2) is 63.0 Å². The van der Waals surface area contributed by atoms with E-state index in [4.69, 9.17) is 20.2 Å². The van der Waals surface area contributed by atoms with Crippen molar-refractivity contribution in [2.24, 2.45) is 23.0 Å². The molecule has 3 heterocycles. The lowest BCUT2D eigenvalue weighted by molar-refractivity contribution is -0.141. The van der Waals surface area contributed by atoms with E-state index in [0.29, 0.717) is 18.0 Å². The van der Waals surface area contributed by atoms with Crippen LogP contribution in [0.3, 0.4) is 0 Å². The van der Waals surface area contributed by atoms with Crippen LogP contribution in [0.5, 0.6) is 5.75 Å². The van der Waals surface area contributed by atoms with Gasteiger partial charge in [0.05, 0.1) is 24.5 Å². The van der Waals surface area contributed by atoms with Crippen molar-refractivity contribution in [3.63, 3.8) is 0 Å². The number of hydrogen-bond acceptors (Lipinski definition) is 8. The number of Topliss-reactive ketones (excluding diaryl/α,β-unsaturated/α-hetero) is 1. The molecule has 1 aromatic heterocycles. The number of carbonyl (C=O) groups excluding carboxylic acids is 3. The molecule has 2 bridgehead atoms. The number of ether oxygens (including phenoxy) is 2. The summed E-state index contributed by atoms with van der Waals surface area (Å²) in [6.45, 7) is 11.4. The summed E-state index contributed by atoms with van der Waals surface area (Å²) in [5.74, 6) is 0.614. The van der Waals surface area contributed by atoms with Crippen molar-refractivity contribution in [1.82, 2.24) is 20.2 Å². The van der Waals surface area contributed by atoms with Gasteiger partial charge in [-0.2, -0.15) is 0 Å². The van der Waals surface area contributed by atoms with E-state index >= 15 is 0 Å². The van der Waals surface area contributed by atoms with Crippen molar-refractivity contribution < 1.29 is 23.9 Å². The molecule has 0 spiro atoms. The second-order valence-electron chi connectivity index (χ2n) is 13.3. The van der Waals surface area contributed by atoms with Gasteiger partial charge in [-0.25, -0.2) is 14.8 Å². The van der Waals surface area contributed by atoms with Gasteiger partial charge in [0.1, 0.15) is 17.7 Å². The van der Waals surface area contributed by atoms with Crippen molar-refractivity contribution in [1.29, 1.82) is 0 Å². The highest BCUT2D eigenvalue weighted by atomic mass is 16.6. The third-order valence-corrected chi connectivity index (χ3v) is 9.12. The second-order valence-corrected chi connectivity index (χ2v) is 13.3. The van der Waals surface area contributed by atoms with E-state index in [1.807, 2.05) is 34.6 Å². The summed E-state index contributed by atoms with van der Waals surface area (Å²) in [6, 6.07) is -1.57. The Balaban J connectivity index is 1.71. The predicted molar refractivity (Wildman–Crippen MR) is 156 cm³/mol. The Morgan fingerprint density at radius 3 is 2.61 bits per heavy atom. The van der Waals surface area contributed by atoms with Crippen LogP contribution in [0.25, 0.3) is 6.08 Å². The van der Waals surface area contributed by atoms with Crippen LogP contribution in [0, 0.1) is 17.3 Å². The standard InChI is InChI=1S/C31H47N5O5/c1-19-24-18-36(26(19)20(2)37)28(38)27(30(3,4)5)35-29(39)41-31(6)15-10-12-21(31)11-8-7-9-13-22-23(40-24)17-33-25(34-22)14-16-32/h14,16-17,19,21,24,26-27H,7-13,15,18,32H2,1-6H3,(H,35,39)/t19-,21-,24+,26+,27-,31-/m1/s1. The summed E-state index contributed by atoms with van der Waals surface area (Å²) in [6.07, 6.45) is 11.1. The van der Waals surface area contributed by atoms with Crippen LogP contribution in [0.1, 0.15) is 98.0 Å². The van der Waals surface area contributed by atoms with Gasteiger partial charge in [0, 0.05) is 5.92 Å². The molecule has 0 unspecified atom stereocenters. The van der Waals surface area contributed by atoms with E-state index in [1.165, 1.54) is 13.1 Å². The molecular weight excluding hydrogens is 522 g/mol. The molecule has 10 heteroatoms. The molecule has 3 aliphatic rings. The number of alkyl carbamates (subject to hydrolysis) is 1. The smallest absolute Gasteiger partial charge is 0.408 e. The largest absolute Gasteiger partial charge is 0.485 e. The fraction of sp³-hybridized carbons (Fsp3) is 0.710. The van der Waals surface area contributed by atoms with Crippen LogP contribution in [0.2, 0.25) is 0 Å². The van der Waals surface area contributed by atoms with Crippen molar-refractivity contribution in [2.45, 2.75) is 117 Å². The molecular formula is C31H47N5O5.